The standard InChI is InChI=1S/C23H20N4O3S/c1-15-12-13-18(20(14-15)27(29)30)24-22(28)21(16-8-4-3-5-9-16)31-23-25-17-10-6-7-11-19(17)26(23)2/h3-14,21H,1-2H3,(H,24,28). The Hall–Kier alpha value is -3.65. The van der Waals surface area contributed by atoms with Crippen molar-refractivity contribution in [2.45, 2.75) is 17.3 Å². The van der Waals surface area contributed by atoms with Crippen LogP contribution in [0.25, 0.3) is 11.0 Å². The summed E-state index contributed by atoms with van der Waals surface area (Å²) < 4.78 is 1.94. The van der Waals surface area contributed by atoms with Gasteiger partial charge in [-0.2, -0.15) is 0 Å². The Labute approximate surface area is 183 Å². The van der Waals surface area contributed by atoms with E-state index in [1.807, 2.05) is 66.2 Å². The first-order valence-electron chi connectivity index (χ1n) is 9.63. The molecule has 0 aliphatic rings. The lowest BCUT2D eigenvalue weighted by atomic mass is 10.1. The van der Waals surface area contributed by atoms with E-state index in [-0.39, 0.29) is 17.3 Å². The maximum Gasteiger partial charge on any atom is 0.293 e. The lowest BCUT2D eigenvalue weighted by Gasteiger charge is -2.17. The first-order valence-corrected chi connectivity index (χ1v) is 10.5. The van der Waals surface area contributed by atoms with E-state index in [9.17, 15) is 14.9 Å². The van der Waals surface area contributed by atoms with Gasteiger partial charge in [0.15, 0.2) is 5.16 Å². The summed E-state index contributed by atoms with van der Waals surface area (Å²) in [6, 6.07) is 21.8. The Morgan fingerprint density at radius 3 is 2.52 bits per heavy atom. The first-order chi connectivity index (χ1) is 14.9. The molecule has 0 aliphatic carbocycles. The number of nitrogens with one attached hydrogen (secondary N) is 1. The van der Waals surface area contributed by atoms with Crippen molar-refractivity contribution in [2.24, 2.45) is 7.05 Å². The number of hydrogen-bond acceptors (Lipinski definition) is 5. The fourth-order valence-electron chi connectivity index (χ4n) is 3.33. The normalized spacial score (nSPS) is 11.9. The molecule has 3 aromatic carbocycles. The Balaban J connectivity index is 1.70. The molecule has 7 nitrogen and oxygen atoms in total. The summed E-state index contributed by atoms with van der Waals surface area (Å²) >= 11 is 1.31. The molecule has 0 aliphatic heterocycles. The maximum atomic E-state index is 13.3. The number of carbonyl (C=O) groups is 1. The summed E-state index contributed by atoms with van der Waals surface area (Å²) in [5, 5.41) is 14.3. The third kappa shape index (κ3) is 4.29. The molecule has 1 unspecified atom stereocenters. The number of benzene rings is 3. The molecule has 1 N–H and O–H groups in total. The number of thioether (sulfide) groups is 1. The van der Waals surface area contributed by atoms with Crippen LogP contribution in [0.4, 0.5) is 11.4 Å². The van der Waals surface area contributed by atoms with Gasteiger partial charge in [0.05, 0.1) is 16.0 Å². The number of aryl methyl sites for hydroxylation is 2. The average Bonchev–Trinajstić information content (AvgIpc) is 3.09. The lowest BCUT2D eigenvalue weighted by Crippen LogP contribution is -2.20. The number of nitro groups is 1. The van der Waals surface area contributed by atoms with Crippen LogP contribution in [0.3, 0.4) is 0 Å². The van der Waals surface area contributed by atoms with Gasteiger partial charge in [-0.25, -0.2) is 4.98 Å². The molecular weight excluding hydrogens is 412 g/mol. The molecule has 1 aromatic heterocycles. The van der Waals surface area contributed by atoms with Crippen molar-refractivity contribution in [1.29, 1.82) is 0 Å². The van der Waals surface area contributed by atoms with E-state index in [1.165, 1.54) is 17.8 Å². The van der Waals surface area contributed by atoms with Crippen molar-refractivity contribution >= 4 is 40.1 Å². The van der Waals surface area contributed by atoms with Gasteiger partial charge in [-0.1, -0.05) is 60.3 Å². The molecule has 156 valence electrons. The Bertz CT molecular complexity index is 1270. The van der Waals surface area contributed by atoms with Crippen molar-refractivity contribution in [2.75, 3.05) is 5.32 Å². The van der Waals surface area contributed by atoms with Crippen molar-refractivity contribution in [3.63, 3.8) is 0 Å². The number of carbonyl (C=O) groups excluding carboxylic acids is 1. The summed E-state index contributed by atoms with van der Waals surface area (Å²) in [5.74, 6) is -0.352. The molecule has 0 fully saturated rings. The molecule has 4 rings (SSSR count). The fraction of sp³-hybridized carbons (Fsp3) is 0.130. The van der Waals surface area contributed by atoms with Gasteiger partial charge in [-0.15, -0.1) is 0 Å². The van der Waals surface area contributed by atoms with Crippen molar-refractivity contribution in [3.05, 3.63) is 94.0 Å². The molecule has 1 amide bonds. The molecule has 0 saturated carbocycles. The highest BCUT2D eigenvalue weighted by Gasteiger charge is 2.27. The summed E-state index contributed by atoms with van der Waals surface area (Å²) in [6.45, 7) is 1.77. The molecule has 1 atom stereocenters. The SMILES string of the molecule is Cc1ccc(NC(=O)C(Sc2nc3ccccc3n2C)c2ccccc2)c([N+](=O)[O-])c1. The number of rotatable bonds is 6. The van der Waals surface area contributed by atoms with Gasteiger partial charge in [-0.3, -0.25) is 14.9 Å². The topological polar surface area (TPSA) is 90.1 Å². The minimum absolute atomic E-state index is 0.132. The number of nitrogens with zero attached hydrogens (tertiary/aromatic N) is 3. The Morgan fingerprint density at radius 1 is 1.10 bits per heavy atom. The minimum atomic E-state index is -0.641. The molecule has 0 radical (unpaired) electrons. The van der Waals surface area contributed by atoms with Crippen molar-refractivity contribution < 1.29 is 9.72 Å². The van der Waals surface area contributed by atoms with Crippen LogP contribution in [-0.4, -0.2) is 20.4 Å². The van der Waals surface area contributed by atoms with Crippen molar-refractivity contribution in [1.82, 2.24) is 9.55 Å². The molecule has 0 saturated heterocycles. The molecule has 0 spiro atoms. The molecular formula is C23H20N4O3S. The zero-order chi connectivity index (χ0) is 22.0. The summed E-state index contributed by atoms with van der Waals surface area (Å²) in [4.78, 5) is 29.0. The van der Waals surface area contributed by atoms with Crippen LogP contribution in [0.1, 0.15) is 16.4 Å². The highest BCUT2D eigenvalue weighted by atomic mass is 32.2. The fourth-order valence-corrected chi connectivity index (χ4v) is 4.41. The number of para-hydroxylation sites is 2. The van der Waals surface area contributed by atoms with E-state index in [1.54, 1.807) is 19.1 Å². The minimum Gasteiger partial charge on any atom is -0.322 e. The van der Waals surface area contributed by atoms with Crippen LogP contribution in [0.2, 0.25) is 0 Å². The smallest absolute Gasteiger partial charge is 0.293 e. The zero-order valence-corrected chi connectivity index (χ0v) is 17.8. The van der Waals surface area contributed by atoms with E-state index < -0.39 is 10.2 Å². The largest absolute Gasteiger partial charge is 0.322 e. The van der Waals surface area contributed by atoms with Gasteiger partial charge in [0, 0.05) is 13.1 Å². The van der Waals surface area contributed by atoms with Gasteiger partial charge in [0.25, 0.3) is 5.69 Å². The maximum absolute atomic E-state index is 13.3. The van der Waals surface area contributed by atoms with E-state index in [4.69, 9.17) is 0 Å². The number of nitro benzene ring substituents is 1. The first kappa shape index (κ1) is 20.6. The second-order valence-corrected chi connectivity index (χ2v) is 8.19. The van der Waals surface area contributed by atoms with E-state index in [0.29, 0.717) is 5.16 Å². The van der Waals surface area contributed by atoms with Gasteiger partial charge in [0.2, 0.25) is 5.91 Å². The number of imidazole rings is 1. The average molecular weight is 433 g/mol. The predicted octanol–water partition coefficient (Wildman–Crippen LogP) is 5.26. The van der Waals surface area contributed by atoms with Gasteiger partial charge >= 0.3 is 0 Å². The number of anilines is 1. The summed E-state index contributed by atoms with van der Waals surface area (Å²) in [6.07, 6.45) is 0. The second kappa shape index (κ2) is 8.61. The predicted molar refractivity (Wildman–Crippen MR) is 122 cm³/mol. The highest BCUT2D eigenvalue weighted by Crippen LogP contribution is 2.37. The molecule has 31 heavy (non-hydrogen) atoms. The van der Waals surface area contributed by atoms with Crippen LogP contribution in [0.15, 0.2) is 78.0 Å². The zero-order valence-electron chi connectivity index (χ0n) is 17.0. The second-order valence-electron chi connectivity index (χ2n) is 7.12. The van der Waals surface area contributed by atoms with Crippen LogP contribution < -0.4 is 5.32 Å². The lowest BCUT2D eigenvalue weighted by molar-refractivity contribution is -0.384. The van der Waals surface area contributed by atoms with Gasteiger partial charge in [0.1, 0.15) is 10.9 Å². The quantitative estimate of drug-likeness (QED) is 0.255. The number of hydrogen-bond donors (Lipinski definition) is 1. The number of amides is 1. The highest BCUT2D eigenvalue weighted by molar-refractivity contribution is 8.00. The number of aromatic nitrogens is 2. The van der Waals surface area contributed by atoms with Crippen LogP contribution >= 0.6 is 11.8 Å². The monoisotopic (exact) mass is 432 g/mol. The molecule has 4 aromatic rings. The third-order valence-corrected chi connectivity index (χ3v) is 6.22. The van der Waals surface area contributed by atoms with Crippen molar-refractivity contribution in [3.8, 4) is 0 Å². The van der Waals surface area contributed by atoms with E-state index >= 15 is 0 Å². The molecule has 0 bridgehead atoms. The van der Waals surface area contributed by atoms with Crippen LogP contribution in [0.5, 0.6) is 0 Å². The van der Waals surface area contributed by atoms with E-state index in [0.717, 1.165) is 22.2 Å². The summed E-state index contributed by atoms with van der Waals surface area (Å²) in [5.41, 5.74) is 3.38. The van der Waals surface area contributed by atoms with E-state index in [2.05, 4.69) is 10.3 Å². The Kier molecular flexibility index (Phi) is 5.73. The van der Waals surface area contributed by atoms with Crippen LogP contribution in [0, 0.1) is 17.0 Å². The number of fused-ring (bicyclic) bond motifs is 1. The van der Waals surface area contributed by atoms with Gasteiger partial charge in [-0.05, 0) is 36.2 Å². The van der Waals surface area contributed by atoms with Gasteiger partial charge < -0.3 is 9.88 Å². The third-order valence-electron chi connectivity index (χ3n) is 4.92. The van der Waals surface area contributed by atoms with Crippen LogP contribution in [-0.2, 0) is 11.8 Å². The summed E-state index contributed by atoms with van der Waals surface area (Å²) in [7, 11) is 1.91. The molecule has 8 heteroatoms. The molecule has 1 heterocycles. The Morgan fingerprint density at radius 2 is 1.81 bits per heavy atom.